The third-order valence-corrected chi connectivity index (χ3v) is 3.91. The van der Waals surface area contributed by atoms with Crippen molar-refractivity contribution in [1.29, 1.82) is 0 Å². The molecule has 112 valence electrons. The van der Waals surface area contributed by atoms with Crippen molar-refractivity contribution < 1.29 is 13.2 Å². The number of nitrogens with zero attached hydrogens (tertiary/aromatic N) is 2. The molecule has 1 aromatic heterocycles. The molecule has 0 saturated heterocycles. The molecule has 3 N–H and O–H groups in total. The van der Waals surface area contributed by atoms with Gasteiger partial charge in [-0.3, -0.25) is 0 Å². The molecule has 0 aliphatic rings. The van der Waals surface area contributed by atoms with Crippen LogP contribution in [0.15, 0.2) is 42.9 Å². The van der Waals surface area contributed by atoms with Gasteiger partial charge >= 0.3 is 0 Å². The average Bonchev–Trinajstić information content (AvgIpc) is 2.48. The zero-order chi connectivity index (χ0) is 15.1. The van der Waals surface area contributed by atoms with Crippen LogP contribution in [0.3, 0.4) is 0 Å². The predicted octanol–water partition coefficient (Wildman–Crippen LogP) is 0.557. The number of anilines is 1. The number of ether oxygens (including phenoxy) is 1. The monoisotopic (exact) mass is 308 g/mol. The van der Waals surface area contributed by atoms with Crippen molar-refractivity contribution in [2.45, 2.75) is 6.54 Å². The topological polar surface area (TPSA) is 107 Å². The van der Waals surface area contributed by atoms with Crippen LogP contribution in [0.5, 0.6) is 5.75 Å². The van der Waals surface area contributed by atoms with Gasteiger partial charge in [0.25, 0.3) is 0 Å². The largest absolute Gasteiger partial charge is 0.492 e. The standard InChI is InChI=1S/C13H16N4O3S/c14-11-1-3-13(4-2-11)20-7-8-21(18,19)17-9-12-5-6-15-10-16-12/h1-6,10,17H,7-9,14H2. The highest BCUT2D eigenvalue weighted by Gasteiger charge is 2.10. The predicted molar refractivity (Wildman–Crippen MR) is 79.0 cm³/mol. The second-order valence-electron chi connectivity index (χ2n) is 4.26. The molecule has 0 amide bonds. The lowest BCUT2D eigenvalue weighted by atomic mass is 10.3. The fraction of sp³-hybridized carbons (Fsp3) is 0.231. The molecule has 21 heavy (non-hydrogen) atoms. The molecule has 0 saturated carbocycles. The Balaban J connectivity index is 1.77. The van der Waals surface area contributed by atoms with Crippen molar-refractivity contribution in [3.63, 3.8) is 0 Å². The summed E-state index contributed by atoms with van der Waals surface area (Å²) < 4.78 is 31.4. The van der Waals surface area contributed by atoms with Crippen LogP contribution in [0, 0.1) is 0 Å². The summed E-state index contributed by atoms with van der Waals surface area (Å²) in [6.45, 7) is 0.190. The summed E-state index contributed by atoms with van der Waals surface area (Å²) in [6.07, 6.45) is 2.93. The van der Waals surface area contributed by atoms with Crippen LogP contribution in [0.25, 0.3) is 0 Å². The zero-order valence-corrected chi connectivity index (χ0v) is 12.1. The minimum atomic E-state index is -3.42. The van der Waals surface area contributed by atoms with E-state index in [9.17, 15) is 8.42 Å². The quantitative estimate of drug-likeness (QED) is 0.724. The van der Waals surface area contributed by atoms with Gasteiger partial charge in [-0.1, -0.05) is 0 Å². The van der Waals surface area contributed by atoms with E-state index in [1.807, 2.05) is 0 Å². The van der Waals surface area contributed by atoms with E-state index in [1.165, 1.54) is 6.33 Å². The summed E-state index contributed by atoms with van der Waals surface area (Å²) in [5, 5.41) is 0. The van der Waals surface area contributed by atoms with Crippen LogP contribution >= 0.6 is 0 Å². The smallest absolute Gasteiger partial charge is 0.215 e. The highest BCUT2D eigenvalue weighted by molar-refractivity contribution is 7.89. The van der Waals surface area contributed by atoms with Crippen LogP contribution < -0.4 is 15.2 Å². The van der Waals surface area contributed by atoms with Gasteiger partial charge in [0, 0.05) is 11.9 Å². The lowest BCUT2D eigenvalue weighted by Gasteiger charge is -2.08. The number of nitrogen functional groups attached to an aromatic ring is 1. The second kappa shape index (κ2) is 7.00. The number of benzene rings is 1. The molecule has 0 spiro atoms. The number of rotatable bonds is 7. The Hall–Kier alpha value is -2.19. The first-order valence-corrected chi connectivity index (χ1v) is 7.91. The number of hydrogen-bond acceptors (Lipinski definition) is 6. The van der Waals surface area contributed by atoms with E-state index in [1.54, 1.807) is 36.5 Å². The molecule has 0 radical (unpaired) electrons. The second-order valence-corrected chi connectivity index (χ2v) is 6.18. The Kier molecular flexibility index (Phi) is 5.07. The maximum Gasteiger partial charge on any atom is 0.215 e. The molecule has 2 rings (SSSR count). The summed E-state index contributed by atoms with van der Waals surface area (Å²) >= 11 is 0. The van der Waals surface area contributed by atoms with E-state index in [0.29, 0.717) is 17.1 Å². The number of aromatic nitrogens is 2. The molecule has 8 heteroatoms. The molecule has 0 atom stereocenters. The Morgan fingerprint density at radius 1 is 1.19 bits per heavy atom. The van der Waals surface area contributed by atoms with Crippen molar-refractivity contribution in [2.75, 3.05) is 18.1 Å². The first-order valence-electron chi connectivity index (χ1n) is 6.26. The van der Waals surface area contributed by atoms with Crippen molar-refractivity contribution in [1.82, 2.24) is 14.7 Å². The molecule has 0 fully saturated rings. The number of nitrogens with two attached hydrogens (primary N) is 1. The molecule has 1 aromatic carbocycles. The number of sulfonamides is 1. The van der Waals surface area contributed by atoms with E-state index in [0.717, 1.165) is 0 Å². The van der Waals surface area contributed by atoms with Gasteiger partial charge in [0.15, 0.2) is 0 Å². The summed E-state index contributed by atoms with van der Waals surface area (Å²) in [5.41, 5.74) is 6.78. The van der Waals surface area contributed by atoms with Gasteiger partial charge in [0.2, 0.25) is 10.0 Å². The Morgan fingerprint density at radius 3 is 2.62 bits per heavy atom. The van der Waals surface area contributed by atoms with E-state index in [4.69, 9.17) is 10.5 Å². The van der Waals surface area contributed by atoms with Crippen molar-refractivity contribution in [2.24, 2.45) is 0 Å². The molecule has 0 bridgehead atoms. The van der Waals surface area contributed by atoms with Gasteiger partial charge in [0.1, 0.15) is 18.7 Å². The van der Waals surface area contributed by atoms with Crippen molar-refractivity contribution in [3.8, 4) is 5.75 Å². The summed E-state index contributed by atoms with van der Waals surface area (Å²) in [4.78, 5) is 7.70. The SMILES string of the molecule is Nc1ccc(OCCS(=O)(=O)NCc2ccncn2)cc1. The van der Waals surface area contributed by atoms with Crippen molar-refractivity contribution >= 4 is 15.7 Å². The van der Waals surface area contributed by atoms with Crippen molar-refractivity contribution in [3.05, 3.63) is 48.5 Å². The summed E-state index contributed by atoms with van der Waals surface area (Å²) in [5.74, 6) is 0.442. The van der Waals surface area contributed by atoms with Gasteiger partial charge in [-0.2, -0.15) is 0 Å². The molecular weight excluding hydrogens is 292 g/mol. The molecule has 0 aliphatic heterocycles. The molecule has 0 unspecified atom stereocenters. The van der Waals surface area contributed by atoms with E-state index in [-0.39, 0.29) is 18.9 Å². The van der Waals surface area contributed by atoms with Crippen LogP contribution in [0.2, 0.25) is 0 Å². The first kappa shape index (κ1) is 15.2. The van der Waals surface area contributed by atoms with Gasteiger partial charge in [-0.05, 0) is 30.3 Å². The molecule has 2 aromatic rings. The molecule has 0 aliphatic carbocycles. The van der Waals surface area contributed by atoms with Gasteiger partial charge in [-0.25, -0.2) is 23.1 Å². The van der Waals surface area contributed by atoms with Crippen LogP contribution in [0.1, 0.15) is 5.69 Å². The van der Waals surface area contributed by atoms with E-state index >= 15 is 0 Å². The first-order chi connectivity index (χ1) is 10.1. The van der Waals surface area contributed by atoms with Gasteiger partial charge in [-0.15, -0.1) is 0 Å². The highest BCUT2D eigenvalue weighted by atomic mass is 32.2. The van der Waals surface area contributed by atoms with Gasteiger partial charge in [0.05, 0.1) is 18.0 Å². The summed E-state index contributed by atoms with van der Waals surface area (Å²) in [6, 6.07) is 8.41. The number of hydrogen-bond donors (Lipinski definition) is 2. The Labute approximate surface area is 123 Å². The van der Waals surface area contributed by atoms with Crippen LogP contribution in [-0.2, 0) is 16.6 Å². The van der Waals surface area contributed by atoms with Gasteiger partial charge < -0.3 is 10.5 Å². The van der Waals surface area contributed by atoms with E-state index in [2.05, 4.69) is 14.7 Å². The average molecular weight is 308 g/mol. The summed E-state index contributed by atoms with van der Waals surface area (Å²) in [7, 11) is -3.42. The van der Waals surface area contributed by atoms with Crippen LogP contribution in [-0.4, -0.2) is 30.7 Å². The third kappa shape index (κ3) is 5.36. The molecule has 7 nitrogen and oxygen atoms in total. The maximum atomic E-state index is 11.8. The Bertz CT molecular complexity index is 660. The number of nitrogens with one attached hydrogen (secondary N) is 1. The maximum absolute atomic E-state index is 11.8. The van der Waals surface area contributed by atoms with Crippen LogP contribution in [0.4, 0.5) is 5.69 Å². The minimum absolute atomic E-state index is 0.0586. The fourth-order valence-corrected chi connectivity index (χ4v) is 2.33. The third-order valence-electron chi connectivity index (χ3n) is 2.62. The van der Waals surface area contributed by atoms with E-state index < -0.39 is 10.0 Å². The normalized spacial score (nSPS) is 11.2. The zero-order valence-electron chi connectivity index (χ0n) is 11.3. The highest BCUT2D eigenvalue weighted by Crippen LogP contribution is 2.12. The molecule has 1 heterocycles. The Morgan fingerprint density at radius 2 is 1.95 bits per heavy atom. The fourth-order valence-electron chi connectivity index (χ4n) is 1.51. The molecular formula is C13H16N4O3S. The lowest BCUT2D eigenvalue weighted by Crippen LogP contribution is -2.29. The minimum Gasteiger partial charge on any atom is -0.492 e. The lowest BCUT2D eigenvalue weighted by molar-refractivity contribution is 0.340.